The van der Waals surface area contributed by atoms with Gasteiger partial charge in [-0.25, -0.2) is 0 Å². The van der Waals surface area contributed by atoms with Gasteiger partial charge in [0, 0.05) is 0 Å². The third-order valence-corrected chi connectivity index (χ3v) is 3.27. The highest BCUT2D eigenvalue weighted by Gasteiger charge is 1.93. The zero-order valence-corrected chi connectivity index (χ0v) is 6.82. The maximum Gasteiger partial charge on any atom is 0.128 e. The van der Waals surface area contributed by atoms with Gasteiger partial charge in [0.05, 0.1) is 0 Å². The van der Waals surface area contributed by atoms with Gasteiger partial charge in [0.1, 0.15) is 8.83 Å². The van der Waals surface area contributed by atoms with Crippen LogP contribution in [0.4, 0.5) is 0 Å². The lowest BCUT2D eigenvalue weighted by Crippen LogP contribution is -1.87. The lowest BCUT2D eigenvalue weighted by molar-refractivity contribution is 0.950. The summed E-state index contributed by atoms with van der Waals surface area (Å²) in [6.45, 7) is 5.78. The van der Waals surface area contributed by atoms with Crippen LogP contribution in [0.2, 0.25) is 5.54 Å². The first kappa shape index (κ1) is 7.25. The Morgan fingerprint density at radius 3 is 2.71 bits per heavy atom. The fourth-order valence-corrected chi connectivity index (χ4v) is 1.09. The average Bonchev–Trinajstić information content (AvgIpc) is 1.68. The van der Waals surface area contributed by atoms with Crippen molar-refractivity contribution in [1.82, 2.24) is 0 Å². The van der Waals surface area contributed by atoms with Gasteiger partial charge in [0.2, 0.25) is 0 Å². The molecule has 0 heterocycles. The highest BCUT2D eigenvalue weighted by molar-refractivity contribution is 6.94. The van der Waals surface area contributed by atoms with Gasteiger partial charge < -0.3 is 0 Å². The van der Waals surface area contributed by atoms with Crippen LogP contribution in [0, 0.1) is 0 Å². The Bertz CT molecular complexity index is 54.0. The highest BCUT2D eigenvalue weighted by atomic mass is 35.6. The lowest BCUT2D eigenvalue weighted by Gasteiger charge is -1.97. The minimum atomic E-state index is -0.272. The molecule has 1 atom stereocenters. The highest BCUT2D eigenvalue weighted by Crippen LogP contribution is 2.07. The Kier molecular flexibility index (Phi) is 4.56. The Balaban J connectivity index is 2.98. The maximum absolute atomic E-state index is 5.62. The molecule has 2 heteroatoms. The van der Waals surface area contributed by atoms with Crippen molar-refractivity contribution in [3.8, 4) is 0 Å². The second kappa shape index (κ2) is 4.41. The van der Waals surface area contributed by atoms with E-state index in [-0.39, 0.29) is 8.83 Å². The molecule has 0 radical (unpaired) electrons. The van der Waals surface area contributed by atoms with Crippen LogP contribution in [0.25, 0.3) is 0 Å². The van der Waals surface area contributed by atoms with E-state index in [9.17, 15) is 0 Å². The Morgan fingerprint density at radius 2 is 2.57 bits per heavy atom. The summed E-state index contributed by atoms with van der Waals surface area (Å²) in [5, 5.41) is 0. The first-order chi connectivity index (χ1) is 3.31. The first-order valence-electron chi connectivity index (χ1n) is 2.48. The molecule has 0 N–H and O–H groups in total. The van der Waals surface area contributed by atoms with E-state index in [4.69, 9.17) is 11.1 Å². The van der Waals surface area contributed by atoms with Gasteiger partial charge in [-0.15, -0.1) is 6.58 Å². The van der Waals surface area contributed by atoms with Gasteiger partial charge in [-0.2, -0.15) is 11.1 Å². The van der Waals surface area contributed by atoms with E-state index in [1.807, 2.05) is 6.08 Å². The van der Waals surface area contributed by atoms with E-state index in [1.165, 1.54) is 0 Å². The lowest BCUT2D eigenvalue weighted by atomic mass is 10.3. The van der Waals surface area contributed by atoms with Crippen molar-refractivity contribution >= 4 is 19.9 Å². The van der Waals surface area contributed by atoms with Crippen LogP contribution in [-0.4, -0.2) is 8.83 Å². The van der Waals surface area contributed by atoms with Crippen LogP contribution in [0.5, 0.6) is 0 Å². The number of hydrogen-bond donors (Lipinski definition) is 0. The SMILES string of the molecule is C=CCC(C)[SiH2]Cl. The van der Waals surface area contributed by atoms with Crippen LogP contribution in [-0.2, 0) is 0 Å². The van der Waals surface area contributed by atoms with Gasteiger partial charge in [-0.3, -0.25) is 0 Å². The van der Waals surface area contributed by atoms with E-state index < -0.39 is 0 Å². The summed E-state index contributed by atoms with van der Waals surface area (Å²) in [5.74, 6) is 0. The number of hydrogen-bond acceptors (Lipinski definition) is 0. The normalized spacial score (nSPS) is 15.1. The fourth-order valence-electron chi connectivity index (χ4n) is 0.348. The molecular formula is C5H11ClSi. The van der Waals surface area contributed by atoms with Crippen LogP contribution < -0.4 is 0 Å². The van der Waals surface area contributed by atoms with E-state index in [2.05, 4.69) is 13.5 Å². The molecular weight excluding hydrogens is 124 g/mol. The van der Waals surface area contributed by atoms with E-state index in [1.54, 1.807) is 0 Å². The quantitative estimate of drug-likeness (QED) is 0.313. The number of halogens is 1. The maximum atomic E-state index is 5.62. The Hall–Kier alpha value is 0.247. The first-order valence-corrected chi connectivity index (χ1v) is 5.43. The van der Waals surface area contributed by atoms with Crippen molar-refractivity contribution < 1.29 is 0 Å². The summed E-state index contributed by atoms with van der Waals surface area (Å²) in [6.07, 6.45) is 3.02. The monoisotopic (exact) mass is 134 g/mol. The molecule has 0 fully saturated rings. The molecule has 0 bridgehead atoms. The average molecular weight is 135 g/mol. The molecule has 0 aromatic carbocycles. The largest absolute Gasteiger partial charge is 0.176 e. The molecule has 0 amide bonds. The summed E-state index contributed by atoms with van der Waals surface area (Å²) >= 11 is 5.62. The molecule has 0 aliphatic heterocycles. The van der Waals surface area contributed by atoms with Gasteiger partial charge in [-0.05, 0) is 12.0 Å². The summed E-state index contributed by atoms with van der Waals surface area (Å²) < 4.78 is 0. The standard InChI is InChI=1S/C5H11ClSi/c1-3-4-5(2)7-6/h3,5H,1,4,7H2,2H3. The third kappa shape index (κ3) is 4.09. The van der Waals surface area contributed by atoms with Gasteiger partial charge >= 0.3 is 0 Å². The molecule has 7 heavy (non-hydrogen) atoms. The van der Waals surface area contributed by atoms with Crippen LogP contribution in [0.15, 0.2) is 12.7 Å². The molecule has 0 saturated heterocycles. The third-order valence-electron chi connectivity index (χ3n) is 0.832. The van der Waals surface area contributed by atoms with Crippen molar-refractivity contribution in [3.63, 3.8) is 0 Å². The summed E-state index contributed by atoms with van der Waals surface area (Å²) in [4.78, 5) is 0. The summed E-state index contributed by atoms with van der Waals surface area (Å²) in [5.41, 5.74) is 0.735. The minimum absolute atomic E-state index is 0.272. The molecule has 0 spiro atoms. The molecule has 0 aliphatic rings. The van der Waals surface area contributed by atoms with Crippen molar-refractivity contribution in [1.29, 1.82) is 0 Å². The minimum Gasteiger partial charge on any atom is -0.176 e. The molecule has 0 aromatic rings. The molecule has 42 valence electrons. The van der Waals surface area contributed by atoms with Crippen molar-refractivity contribution in [2.45, 2.75) is 18.9 Å². The molecule has 0 aromatic heterocycles. The molecule has 0 saturated carbocycles. The van der Waals surface area contributed by atoms with Crippen molar-refractivity contribution in [3.05, 3.63) is 12.7 Å². The van der Waals surface area contributed by atoms with Gasteiger partial charge in [-0.1, -0.05) is 13.0 Å². The van der Waals surface area contributed by atoms with E-state index >= 15 is 0 Å². The Labute approximate surface area is 52.1 Å². The predicted octanol–water partition coefficient (Wildman–Crippen LogP) is 1.69. The Morgan fingerprint density at radius 1 is 2.00 bits per heavy atom. The zero-order valence-electron chi connectivity index (χ0n) is 4.65. The van der Waals surface area contributed by atoms with E-state index in [0.717, 1.165) is 12.0 Å². The number of rotatable bonds is 3. The predicted molar refractivity (Wildman–Crippen MR) is 38.6 cm³/mol. The second-order valence-electron chi connectivity index (χ2n) is 1.78. The van der Waals surface area contributed by atoms with Crippen LogP contribution >= 0.6 is 11.1 Å². The number of allylic oxidation sites excluding steroid dienone is 1. The van der Waals surface area contributed by atoms with Crippen LogP contribution in [0.1, 0.15) is 13.3 Å². The zero-order chi connectivity index (χ0) is 5.70. The molecule has 0 rings (SSSR count). The molecule has 0 nitrogen and oxygen atoms in total. The summed E-state index contributed by atoms with van der Waals surface area (Å²) in [6, 6.07) is 0. The molecule has 1 unspecified atom stereocenters. The fraction of sp³-hybridized carbons (Fsp3) is 0.600. The van der Waals surface area contributed by atoms with Crippen LogP contribution in [0.3, 0.4) is 0 Å². The van der Waals surface area contributed by atoms with Crippen molar-refractivity contribution in [2.24, 2.45) is 0 Å². The second-order valence-corrected chi connectivity index (χ2v) is 4.41. The smallest absolute Gasteiger partial charge is 0.128 e. The van der Waals surface area contributed by atoms with Crippen molar-refractivity contribution in [2.75, 3.05) is 0 Å². The summed E-state index contributed by atoms with van der Waals surface area (Å²) in [7, 11) is -0.272. The topological polar surface area (TPSA) is 0 Å². The van der Waals surface area contributed by atoms with Gasteiger partial charge in [0.25, 0.3) is 0 Å². The van der Waals surface area contributed by atoms with Gasteiger partial charge in [0.15, 0.2) is 0 Å². The van der Waals surface area contributed by atoms with E-state index in [0.29, 0.717) is 0 Å². The molecule has 0 aliphatic carbocycles.